The van der Waals surface area contributed by atoms with Crippen molar-refractivity contribution in [3.05, 3.63) is 51.5 Å². The third kappa shape index (κ3) is 4.65. The van der Waals surface area contributed by atoms with Crippen molar-refractivity contribution in [3.63, 3.8) is 0 Å². The number of rotatable bonds is 7. The first kappa shape index (κ1) is 14.7. The van der Waals surface area contributed by atoms with Crippen molar-refractivity contribution in [1.29, 1.82) is 0 Å². The molecule has 112 valence electrons. The highest BCUT2D eigenvalue weighted by Crippen LogP contribution is 2.22. The Morgan fingerprint density at radius 3 is 2.57 bits per heavy atom. The number of thiazole rings is 1. The molecule has 1 heterocycles. The first-order chi connectivity index (χ1) is 10.2. The maximum Gasteiger partial charge on any atom is 0.0931 e. The van der Waals surface area contributed by atoms with Crippen LogP contribution in [0.2, 0.25) is 0 Å². The average molecular weight is 300 g/mol. The predicted molar refractivity (Wildman–Crippen MR) is 90.0 cm³/mol. The van der Waals surface area contributed by atoms with Crippen molar-refractivity contribution in [2.45, 2.75) is 45.6 Å². The van der Waals surface area contributed by atoms with Gasteiger partial charge in [-0.25, -0.2) is 4.98 Å². The molecule has 1 aromatic heterocycles. The quantitative estimate of drug-likeness (QED) is 0.838. The third-order valence-electron chi connectivity index (χ3n) is 4.05. The van der Waals surface area contributed by atoms with E-state index in [1.54, 1.807) is 11.3 Å². The van der Waals surface area contributed by atoms with Crippen LogP contribution in [0, 0.1) is 19.8 Å². The van der Waals surface area contributed by atoms with Gasteiger partial charge < -0.3 is 5.32 Å². The van der Waals surface area contributed by atoms with Crippen LogP contribution in [0.25, 0.3) is 0 Å². The summed E-state index contributed by atoms with van der Waals surface area (Å²) in [5.74, 6) is 0.638. The summed E-state index contributed by atoms with van der Waals surface area (Å²) in [4.78, 5) is 4.64. The van der Waals surface area contributed by atoms with Crippen molar-refractivity contribution in [1.82, 2.24) is 10.3 Å². The van der Waals surface area contributed by atoms with E-state index in [2.05, 4.69) is 53.8 Å². The maximum absolute atomic E-state index is 4.64. The van der Waals surface area contributed by atoms with Crippen molar-refractivity contribution in [3.8, 4) is 0 Å². The Morgan fingerprint density at radius 1 is 1.19 bits per heavy atom. The molecule has 1 aromatic carbocycles. The fraction of sp³-hybridized carbons (Fsp3) is 0.500. The van der Waals surface area contributed by atoms with Gasteiger partial charge in [-0.2, -0.15) is 0 Å². The Bertz CT molecular complexity index is 569. The van der Waals surface area contributed by atoms with Gasteiger partial charge in [-0.15, -0.1) is 11.3 Å². The summed E-state index contributed by atoms with van der Waals surface area (Å²) in [6, 6.07) is 9.75. The summed E-state index contributed by atoms with van der Waals surface area (Å²) < 4.78 is 0. The number of aromatic nitrogens is 1. The van der Waals surface area contributed by atoms with E-state index >= 15 is 0 Å². The Morgan fingerprint density at radius 2 is 1.95 bits per heavy atom. The van der Waals surface area contributed by atoms with Gasteiger partial charge in [0.1, 0.15) is 0 Å². The van der Waals surface area contributed by atoms with Gasteiger partial charge in [0.2, 0.25) is 0 Å². The van der Waals surface area contributed by atoms with Crippen LogP contribution in [0.3, 0.4) is 0 Å². The summed E-state index contributed by atoms with van der Waals surface area (Å²) in [6.07, 6.45) is 4.94. The summed E-state index contributed by atoms with van der Waals surface area (Å²) in [5.41, 5.74) is 3.93. The molecule has 1 N–H and O–H groups in total. The Labute approximate surface area is 131 Å². The van der Waals surface area contributed by atoms with Gasteiger partial charge >= 0.3 is 0 Å². The highest BCUT2D eigenvalue weighted by molar-refractivity contribution is 7.09. The Kier molecular flexibility index (Phi) is 4.71. The second-order valence-corrected chi connectivity index (χ2v) is 7.27. The van der Waals surface area contributed by atoms with Crippen LogP contribution in [0.1, 0.15) is 34.7 Å². The van der Waals surface area contributed by atoms with Gasteiger partial charge in [0, 0.05) is 23.5 Å². The van der Waals surface area contributed by atoms with Crippen LogP contribution < -0.4 is 5.32 Å². The van der Waals surface area contributed by atoms with Crippen LogP contribution in [-0.4, -0.2) is 17.6 Å². The molecule has 0 saturated heterocycles. The van der Waals surface area contributed by atoms with Crippen molar-refractivity contribution in [2.75, 3.05) is 6.54 Å². The molecule has 1 atom stereocenters. The van der Waals surface area contributed by atoms with E-state index in [1.165, 1.54) is 29.0 Å². The minimum atomic E-state index is 0.638. The van der Waals surface area contributed by atoms with E-state index in [-0.39, 0.29) is 0 Å². The summed E-state index contributed by atoms with van der Waals surface area (Å²) in [7, 11) is 0. The fourth-order valence-corrected chi connectivity index (χ4v) is 3.53. The number of benzene rings is 1. The molecule has 1 saturated carbocycles. The van der Waals surface area contributed by atoms with E-state index in [1.807, 2.05) is 0 Å². The summed E-state index contributed by atoms with van der Waals surface area (Å²) in [6.45, 7) is 5.34. The van der Waals surface area contributed by atoms with Crippen molar-refractivity contribution < 1.29 is 0 Å². The van der Waals surface area contributed by atoms with E-state index in [0.29, 0.717) is 5.92 Å². The molecule has 0 radical (unpaired) electrons. The number of hydrogen-bond acceptors (Lipinski definition) is 3. The number of nitrogens with one attached hydrogen (secondary N) is 1. The first-order valence-corrected chi connectivity index (χ1v) is 8.77. The lowest BCUT2D eigenvalue weighted by atomic mass is 9.95. The number of aryl methyl sites for hydroxylation is 2. The zero-order valence-corrected chi connectivity index (χ0v) is 13.7. The summed E-state index contributed by atoms with van der Waals surface area (Å²) in [5, 5.41) is 7.13. The molecular formula is C18H24N2S. The Hall–Kier alpha value is -1.19. The highest BCUT2D eigenvalue weighted by atomic mass is 32.1. The second-order valence-electron chi connectivity index (χ2n) is 6.33. The van der Waals surface area contributed by atoms with Crippen LogP contribution in [0.5, 0.6) is 0 Å². The predicted octanol–water partition coefficient (Wildman–Crippen LogP) is 3.91. The largest absolute Gasteiger partial charge is 0.314 e. The molecule has 1 fully saturated rings. The Balaban J connectivity index is 1.63. The molecule has 0 spiro atoms. The normalized spacial score (nSPS) is 16.1. The molecule has 1 unspecified atom stereocenters. The summed E-state index contributed by atoms with van der Waals surface area (Å²) >= 11 is 1.80. The average Bonchev–Trinajstić information content (AvgIpc) is 3.21. The van der Waals surface area contributed by atoms with Gasteiger partial charge in [0.25, 0.3) is 0 Å². The van der Waals surface area contributed by atoms with Gasteiger partial charge in [0.15, 0.2) is 0 Å². The van der Waals surface area contributed by atoms with Gasteiger partial charge in [-0.1, -0.05) is 29.8 Å². The molecule has 1 aliphatic rings. The topological polar surface area (TPSA) is 24.9 Å². The minimum Gasteiger partial charge on any atom is -0.314 e. The van der Waals surface area contributed by atoms with Gasteiger partial charge in [-0.05, 0) is 51.1 Å². The molecule has 2 aromatic rings. The number of hydrogen-bond donors (Lipinski definition) is 1. The molecule has 21 heavy (non-hydrogen) atoms. The molecule has 0 aliphatic heterocycles. The zero-order valence-electron chi connectivity index (χ0n) is 12.9. The molecule has 0 amide bonds. The lowest BCUT2D eigenvalue weighted by Gasteiger charge is -2.17. The molecule has 1 aliphatic carbocycles. The van der Waals surface area contributed by atoms with E-state index < -0.39 is 0 Å². The molecular weight excluding hydrogens is 276 g/mol. The third-order valence-corrected chi connectivity index (χ3v) is 5.04. The molecule has 2 nitrogen and oxygen atoms in total. The van der Waals surface area contributed by atoms with Crippen LogP contribution in [0.15, 0.2) is 29.6 Å². The van der Waals surface area contributed by atoms with Gasteiger partial charge in [-0.3, -0.25) is 0 Å². The van der Waals surface area contributed by atoms with Crippen LogP contribution in [0.4, 0.5) is 0 Å². The van der Waals surface area contributed by atoms with Crippen LogP contribution >= 0.6 is 11.3 Å². The zero-order chi connectivity index (χ0) is 14.7. The molecule has 3 heteroatoms. The smallest absolute Gasteiger partial charge is 0.0931 e. The van der Waals surface area contributed by atoms with E-state index in [4.69, 9.17) is 0 Å². The second kappa shape index (κ2) is 6.71. The van der Waals surface area contributed by atoms with Crippen molar-refractivity contribution >= 4 is 11.3 Å². The minimum absolute atomic E-state index is 0.638. The highest BCUT2D eigenvalue weighted by Gasteiger charge is 2.22. The fourth-order valence-electron chi connectivity index (χ4n) is 2.64. The molecule has 0 bridgehead atoms. The number of nitrogens with zero attached hydrogens (tertiary/aromatic N) is 1. The van der Waals surface area contributed by atoms with Crippen LogP contribution in [-0.2, 0) is 12.8 Å². The lowest BCUT2D eigenvalue weighted by Crippen LogP contribution is -2.27. The standard InChI is InChI=1S/C18H24N2S/c1-13-3-5-15(6-4-13)9-16(11-19-17-7-8-17)10-18-20-14(2)12-21-18/h3-6,12,16-17,19H,7-11H2,1-2H3. The monoisotopic (exact) mass is 300 g/mol. The first-order valence-electron chi connectivity index (χ1n) is 7.89. The lowest BCUT2D eigenvalue weighted by molar-refractivity contribution is 0.468. The van der Waals surface area contributed by atoms with Gasteiger partial charge in [0.05, 0.1) is 5.01 Å². The van der Waals surface area contributed by atoms with Crippen molar-refractivity contribution in [2.24, 2.45) is 5.92 Å². The van der Waals surface area contributed by atoms with E-state index in [9.17, 15) is 0 Å². The maximum atomic E-state index is 4.64. The molecule has 3 rings (SSSR count). The SMILES string of the molecule is Cc1ccc(CC(CNC2CC2)Cc2nc(C)cs2)cc1. The van der Waals surface area contributed by atoms with E-state index in [0.717, 1.165) is 31.1 Å².